The van der Waals surface area contributed by atoms with E-state index < -0.39 is 17.2 Å². The Labute approximate surface area is 144 Å². The molecule has 4 N–H and O–H groups in total. The summed E-state index contributed by atoms with van der Waals surface area (Å²) in [4.78, 5) is 51.5. The number of hydrogen-bond acceptors (Lipinski definition) is 5. The minimum atomic E-state index is -0.697. The first kappa shape index (κ1) is 16.4. The smallest absolute Gasteiger partial charge is 0.321 e. The van der Waals surface area contributed by atoms with Gasteiger partial charge in [0.25, 0.3) is 17.4 Å². The normalized spacial score (nSPS) is 10.2. The highest BCUT2D eigenvalue weighted by molar-refractivity contribution is 7.12. The average molecular weight is 356 g/mol. The number of H-pyrrole nitrogens is 2. The first-order chi connectivity index (χ1) is 12.0. The molecule has 126 valence electrons. The lowest BCUT2D eigenvalue weighted by molar-refractivity contribution is 0.102. The fourth-order valence-corrected chi connectivity index (χ4v) is 2.62. The highest BCUT2D eigenvalue weighted by Crippen LogP contribution is 2.14. The first-order valence-electron chi connectivity index (χ1n) is 7.11. The monoisotopic (exact) mass is 356 g/mol. The molecule has 0 bridgehead atoms. The van der Waals surface area contributed by atoms with Gasteiger partial charge in [-0.25, -0.2) is 4.79 Å². The van der Waals surface area contributed by atoms with Crippen molar-refractivity contribution < 1.29 is 9.59 Å². The number of hydrogen-bond donors (Lipinski definition) is 4. The van der Waals surface area contributed by atoms with Gasteiger partial charge in [0.05, 0.1) is 4.88 Å². The number of amides is 2. The summed E-state index contributed by atoms with van der Waals surface area (Å²) in [6, 6.07) is 9.68. The molecule has 0 saturated carbocycles. The molecule has 0 radical (unpaired) electrons. The van der Waals surface area contributed by atoms with Crippen LogP contribution in [0.25, 0.3) is 0 Å². The lowest BCUT2D eigenvalue weighted by Gasteiger charge is -2.06. The van der Waals surface area contributed by atoms with Crippen LogP contribution in [0.15, 0.2) is 57.6 Å². The fraction of sp³-hybridized carbons (Fsp3) is 0. The molecule has 2 heterocycles. The van der Waals surface area contributed by atoms with E-state index in [1.165, 1.54) is 23.5 Å². The summed E-state index contributed by atoms with van der Waals surface area (Å²) in [6.45, 7) is 0. The van der Waals surface area contributed by atoms with Crippen LogP contribution in [0.5, 0.6) is 0 Å². The second-order valence-corrected chi connectivity index (χ2v) is 5.90. The lowest BCUT2D eigenvalue weighted by atomic mass is 10.2. The Morgan fingerprint density at radius 3 is 2.36 bits per heavy atom. The Morgan fingerprint density at radius 2 is 1.72 bits per heavy atom. The van der Waals surface area contributed by atoms with Crippen molar-refractivity contribution in [1.82, 2.24) is 9.97 Å². The summed E-state index contributed by atoms with van der Waals surface area (Å²) >= 11 is 1.33. The summed E-state index contributed by atoms with van der Waals surface area (Å²) < 4.78 is 0. The summed E-state index contributed by atoms with van der Waals surface area (Å²) in [7, 11) is 0. The maximum absolute atomic E-state index is 12.1. The van der Waals surface area contributed by atoms with Gasteiger partial charge in [-0.05, 0) is 35.7 Å². The molecule has 3 rings (SSSR count). The molecule has 0 atom stereocenters. The van der Waals surface area contributed by atoms with E-state index in [9.17, 15) is 19.2 Å². The van der Waals surface area contributed by atoms with Crippen LogP contribution in [0.4, 0.5) is 11.4 Å². The van der Waals surface area contributed by atoms with Crippen LogP contribution >= 0.6 is 11.3 Å². The summed E-state index contributed by atoms with van der Waals surface area (Å²) in [5.41, 5.74) is -0.595. The van der Waals surface area contributed by atoms with Gasteiger partial charge in [-0.15, -0.1) is 11.3 Å². The van der Waals surface area contributed by atoms with E-state index in [4.69, 9.17) is 0 Å². The predicted octanol–water partition coefficient (Wildman–Crippen LogP) is 1.63. The highest BCUT2D eigenvalue weighted by atomic mass is 32.1. The molecule has 2 aromatic heterocycles. The van der Waals surface area contributed by atoms with Gasteiger partial charge in [0.15, 0.2) is 0 Å². The third kappa shape index (κ3) is 3.90. The van der Waals surface area contributed by atoms with E-state index in [1.54, 1.807) is 29.6 Å². The van der Waals surface area contributed by atoms with Crippen molar-refractivity contribution in [2.24, 2.45) is 0 Å². The van der Waals surface area contributed by atoms with Gasteiger partial charge >= 0.3 is 5.69 Å². The quantitative estimate of drug-likeness (QED) is 0.567. The first-order valence-corrected chi connectivity index (χ1v) is 7.99. The number of anilines is 2. The van der Waals surface area contributed by atoms with Gasteiger partial charge < -0.3 is 15.6 Å². The number of aromatic amines is 2. The molecule has 1 aromatic carbocycles. The van der Waals surface area contributed by atoms with Crippen LogP contribution in [0.3, 0.4) is 0 Å². The Morgan fingerprint density at radius 1 is 0.960 bits per heavy atom. The predicted molar refractivity (Wildman–Crippen MR) is 94.4 cm³/mol. The van der Waals surface area contributed by atoms with Gasteiger partial charge in [0.2, 0.25) is 0 Å². The van der Waals surface area contributed by atoms with E-state index in [2.05, 4.69) is 15.6 Å². The zero-order chi connectivity index (χ0) is 17.8. The molecule has 0 aliphatic rings. The topological polar surface area (TPSA) is 124 Å². The van der Waals surface area contributed by atoms with Gasteiger partial charge in [-0.1, -0.05) is 6.07 Å². The molecule has 3 aromatic rings. The molecule has 0 saturated heterocycles. The maximum Gasteiger partial charge on any atom is 0.325 e. The van der Waals surface area contributed by atoms with E-state index in [0.29, 0.717) is 16.1 Å². The number of rotatable bonds is 4. The molecule has 0 aliphatic heterocycles. The molecule has 0 aliphatic carbocycles. The van der Waals surface area contributed by atoms with Crippen LogP contribution in [0.2, 0.25) is 0 Å². The fourth-order valence-electron chi connectivity index (χ4n) is 2.00. The third-order valence-corrected chi connectivity index (χ3v) is 4.09. The molecule has 0 spiro atoms. The molecule has 9 heteroatoms. The van der Waals surface area contributed by atoms with Crippen molar-refractivity contribution >= 4 is 34.5 Å². The van der Waals surface area contributed by atoms with Crippen molar-refractivity contribution in [3.8, 4) is 0 Å². The molecule has 0 fully saturated rings. The van der Waals surface area contributed by atoms with E-state index >= 15 is 0 Å². The standard InChI is InChI=1S/C16H12N4O4S/c21-13(19-11-8-17-16(24)20-14(11)22)9-3-5-10(6-4-9)18-15(23)12-2-1-7-25-12/h1-8H,(H,18,23)(H,19,21)(H2,17,20,22,24). The van der Waals surface area contributed by atoms with Gasteiger partial charge in [-0.2, -0.15) is 0 Å². The highest BCUT2D eigenvalue weighted by Gasteiger charge is 2.10. The van der Waals surface area contributed by atoms with Crippen LogP contribution in [-0.2, 0) is 0 Å². The summed E-state index contributed by atoms with van der Waals surface area (Å²) in [6.07, 6.45) is 1.12. The number of nitrogens with one attached hydrogen (secondary N) is 4. The minimum Gasteiger partial charge on any atom is -0.321 e. The van der Waals surface area contributed by atoms with Crippen LogP contribution < -0.4 is 21.9 Å². The van der Waals surface area contributed by atoms with Gasteiger partial charge in [-0.3, -0.25) is 19.4 Å². The molecule has 25 heavy (non-hydrogen) atoms. The van der Waals surface area contributed by atoms with Gasteiger partial charge in [0, 0.05) is 17.4 Å². The maximum atomic E-state index is 12.1. The van der Waals surface area contributed by atoms with Gasteiger partial charge in [0.1, 0.15) is 5.69 Å². The molecule has 8 nitrogen and oxygen atoms in total. The average Bonchev–Trinajstić information content (AvgIpc) is 3.13. The van der Waals surface area contributed by atoms with Crippen molar-refractivity contribution in [2.75, 3.05) is 10.6 Å². The van der Waals surface area contributed by atoms with Crippen molar-refractivity contribution in [2.45, 2.75) is 0 Å². The van der Waals surface area contributed by atoms with E-state index in [1.807, 2.05) is 4.98 Å². The number of benzene rings is 1. The van der Waals surface area contributed by atoms with E-state index in [0.717, 1.165) is 6.20 Å². The second-order valence-electron chi connectivity index (χ2n) is 4.95. The molecular formula is C16H12N4O4S. The number of thiophene rings is 1. The minimum absolute atomic E-state index is 0.0697. The Bertz CT molecular complexity index is 1020. The number of carbonyl (C=O) groups is 2. The Hall–Kier alpha value is -3.46. The number of aromatic nitrogens is 2. The molecular weight excluding hydrogens is 344 g/mol. The van der Waals surface area contributed by atoms with Crippen molar-refractivity contribution in [1.29, 1.82) is 0 Å². The summed E-state index contributed by atoms with van der Waals surface area (Å²) in [5.74, 6) is -0.749. The summed E-state index contributed by atoms with van der Waals surface area (Å²) in [5, 5.41) is 6.92. The zero-order valence-electron chi connectivity index (χ0n) is 12.7. The Kier molecular flexibility index (Phi) is 4.57. The van der Waals surface area contributed by atoms with E-state index in [-0.39, 0.29) is 11.6 Å². The largest absolute Gasteiger partial charge is 0.325 e. The lowest BCUT2D eigenvalue weighted by Crippen LogP contribution is -2.26. The Balaban J connectivity index is 1.69. The van der Waals surface area contributed by atoms with Crippen LogP contribution in [0.1, 0.15) is 20.0 Å². The van der Waals surface area contributed by atoms with Crippen molar-refractivity contribution in [3.63, 3.8) is 0 Å². The molecule has 0 unspecified atom stereocenters. The SMILES string of the molecule is O=C(Nc1c[nH]c(=O)[nH]c1=O)c1ccc(NC(=O)c2cccs2)cc1. The van der Waals surface area contributed by atoms with Crippen LogP contribution in [-0.4, -0.2) is 21.8 Å². The number of carbonyl (C=O) groups excluding carboxylic acids is 2. The molecule has 2 amide bonds. The second kappa shape index (κ2) is 6.97. The third-order valence-electron chi connectivity index (χ3n) is 3.22. The zero-order valence-corrected chi connectivity index (χ0v) is 13.5. The van der Waals surface area contributed by atoms with Crippen LogP contribution in [0, 0.1) is 0 Å². The van der Waals surface area contributed by atoms with Crippen molar-refractivity contribution in [3.05, 3.63) is 79.3 Å².